The molecule has 0 aliphatic carbocycles. The van der Waals surface area contributed by atoms with Crippen molar-refractivity contribution in [3.8, 4) is 0 Å². The Balaban J connectivity index is 2.05. The van der Waals surface area contributed by atoms with Crippen LogP contribution in [0.3, 0.4) is 0 Å². The Bertz CT molecular complexity index is 883. The smallest absolute Gasteiger partial charge is 0.266 e. The molecule has 2 aromatic heterocycles. The molecule has 0 amide bonds. The van der Waals surface area contributed by atoms with Crippen molar-refractivity contribution in [1.82, 2.24) is 20.0 Å². The Hall–Kier alpha value is -2.42. The van der Waals surface area contributed by atoms with Gasteiger partial charge in [0.15, 0.2) is 5.82 Å². The van der Waals surface area contributed by atoms with Crippen molar-refractivity contribution in [3.05, 3.63) is 36.4 Å². The maximum absolute atomic E-state index is 13.8. The van der Waals surface area contributed by atoms with Crippen LogP contribution in [-0.4, -0.2) is 28.4 Å². The molecule has 9 heteroatoms. The van der Waals surface area contributed by atoms with Gasteiger partial charge in [0.05, 0.1) is 17.1 Å². The van der Waals surface area contributed by atoms with Crippen molar-refractivity contribution in [2.45, 2.75) is 4.90 Å². The summed E-state index contributed by atoms with van der Waals surface area (Å²) in [4.78, 5) is -0.0208. The van der Waals surface area contributed by atoms with E-state index in [1.165, 1.54) is 29.2 Å². The maximum Gasteiger partial charge on any atom is 0.266 e. The standard InChI is InChI=1S/C11H10FN5O2S/c1-17-6-7(5-13-17)20(18,19)16-11-10-8(12)3-2-4-9(10)14-15-11/h2-6H,1H3,(H2,14,15,16). The molecule has 3 aromatic rings. The van der Waals surface area contributed by atoms with Crippen molar-refractivity contribution < 1.29 is 12.8 Å². The zero-order valence-corrected chi connectivity index (χ0v) is 11.1. The van der Waals surface area contributed by atoms with Crippen LogP contribution in [0.2, 0.25) is 0 Å². The molecule has 0 aliphatic rings. The molecule has 20 heavy (non-hydrogen) atoms. The summed E-state index contributed by atoms with van der Waals surface area (Å²) in [5.41, 5.74) is 0.411. The molecule has 0 saturated heterocycles. The van der Waals surface area contributed by atoms with Gasteiger partial charge in [0.1, 0.15) is 10.7 Å². The fraction of sp³-hybridized carbons (Fsp3) is 0.0909. The summed E-state index contributed by atoms with van der Waals surface area (Å²) in [6.45, 7) is 0. The minimum absolute atomic E-state index is 0.0208. The lowest BCUT2D eigenvalue weighted by Crippen LogP contribution is -2.13. The zero-order valence-electron chi connectivity index (χ0n) is 10.3. The number of aromatic nitrogens is 4. The summed E-state index contributed by atoms with van der Waals surface area (Å²) in [6.07, 6.45) is 2.54. The van der Waals surface area contributed by atoms with Gasteiger partial charge < -0.3 is 0 Å². The normalized spacial score (nSPS) is 11.9. The average molecular weight is 295 g/mol. The number of H-pyrrole nitrogens is 1. The molecule has 104 valence electrons. The summed E-state index contributed by atoms with van der Waals surface area (Å²) >= 11 is 0. The van der Waals surface area contributed by atoms with E-state index in [1.807, 2.05) is 0 Å². The Morgan fingerprint density at radius 3 is 2.90 bits per heavy atom. The van der Waals surface area contributed by atoms with E-state index < -0.39 is 15.8 Å². The fourth-order valence-corrected chi connectivity index (χ4v) is 2.82. The highest BCUT2D eigenvalue weighted by Crippen LogP contribution is 2.25. The zero-order chi connectivity index (χ0) is 14.3. The minimum Gasteiger partial charge on any atom is -0.276 e. The molecule has 0 aliphatic heterocycles. The van der Waals surface area contributed by atoms with Crippen LogP contribution in [-0.2, 0) is 17.1 Å². The largest absolute Gasteiger partial charge is 0.276 e. The van der Waals surface area contributed by atoms with E-state index in [-0.39, 0.29) is 16.1 Å². The second-order valence-corrected chi connectivity index (χ2v) is 5.87. The van der Waals surface area contributed by atoms with Crippen LogP contribution >= 0.6 is 0 Å². The SMILES string of the molecule is Cn1cc(S(=O)(=O)Nc2n[nH]c3cccc(F)c23)cn1. The molecule has 3 rings (SSSR count). The number of halogens is 1. The lowest BCUT2D eigenvalue weighted by molar-refractivity contribution is 0.601. The summed E-state index contributed by atoms with van der Waals surface area (Å²) in [6, 6.07) is 4.35. The molecule has 0 radical (unpaired) electrons. The van der Waals surface area contributed by atoms with Crippen molar-refractivity contribution >= 4 is 26.7 Å². The van der Waals surface area contributed by atoms with Crippen molar-refractivity contribution in [2.75, 3.05) is 4.72 Å². The summed E-state index contributed by atoms with van der Waals surface area (Å²) in [5.74, 6) is -0.637. The molecule has 7 nitrogen and oxygen atoms in total. The van der Waals surface area contributed by atoms with Gasteiger partial charge in [0, 0.05) is 13.2 Å². The number of benzene rings is 1. The molecule has 0 unspecified atom stereocenters. The van der Waals surface area contributed by atoms with Gasteiger partial charge in [-0.3, -0.25) is 14.5 Å². The van der Waals surface area contributed by atoms with Crippen LogP contribution in [0, 0.1) is 5.82 Å². The predicted octanol–water partition coefficient (Wildman–Crippen LogP) is 1.24. The number of anilines is 1. The molecule has 2 N–H and O–H groups in total. The Morgan fingerprint density at radius 1 is 1.40 bits per heavy atom. The average Bonchev–Trinajstić information content (AvgIpc) is 2.97. The number of sulfonamides is 1. The Labute approximate surface area is 113 Å². The lowest BCUT2D eigenvalue weighted by atomic mass is 10.2. The number of fused-ring (bicyclic) bond motifs is 1. The second-order valence-electron chi connectivity index (χ2n) is 4.19. The third kappa shape index (κ3) is 2.01. The quantitative estimate of drug-likeness (QED) is 0.760. The van der Waals surface area contributed by atoms with E-state index in [4.69, 9.17) is 0 Å². The van der Waals surface area contributed by atoms with Crippen LogP contribution in [0.15, 0.2) is 35.5 Å². The highest BCUT2D eigenvalue weighted by molar-refractivity contribution is 7.92. The van der Waals surface area contributed by atoms with Gasteiger partial charge in [-0.05, 0) is 12.1 Å². The minimum atomic E-state index is -3.85. The second kappa shape index (κ2) is 4.30. The molecule has 0 fully saturated rings. The van der Waals surface area contributed by atoms with Gasteiger partial charge >= 0.3 is 0 Å². The van der Waals surface area contributed by atoms with E-state index >= 15 is 0 Å². The fourth-order valence-electron chi connectivity index (χ4n) is 1.83. The lowest BCUT2D eigenvalue weighted by Gasteiger charge is -2.03. The Morgan fingerprint density at radius 2 is 2.20 bits per heavy atom. The molecule has 0 spiro atoms. The van der Waals surface area contributed by atoms with Gasteiger partial charge in [0.25, 0.3) is 10.0 Å². The van der Waals surface area contributed by atoms with Gasteiger partial charge in [0.2, 0.25) is 0 Å². The summed E-state index contributed by atoms with van der Waals surface area (Å²) < 4.78 is 41.6. The van der Waals surface area contributed by atoms with E-state index in [9.17, 15) is 12.8 Å². The van der Waals surface area contributed by atoms with Crippen LogP contribution in [0.1, 0.15) is 0 Å². The van der Waals surface area contributed by atoms with Crippen LogP contribution in [0.4, 0.5) is 10.2 Å². The van der Waals surface area contributed by atoms with E-state index in [0.29, 0.717) is 5.52 Å². The number of nitrogens with zero attached hydrogens (tertiary/aromatic N) is 3. The number of hydrogen-bond acceptors (Lipinski definition) is 4. The number of hydrogen-bond donors (Lipinski definition) is 2. The molecule has 2 heterocycles. The maximum atomic E-state index is 13.8. The first kappa shape index (κ1) is 12.6. The number of aromatic amines is 1. The van der Waals surface area contributed by atoms with Crippen molar-refractivity contribution in [1.29, 1.82) is 0 Å². The molecule has 0 atom stereocenters. The van der Waals surface area contributed by atoms with Gasteiger partial charge in [-0.15, -0.1) is 0 Å². The highest BCUT2D eigenvalue weighted by Gasteiger charge is 2.20. The molecular weight excluding hydrogens is 285 g/mol. The number of aryl methyl sites for hydroxylation is 1. The molecule has 0 bridgehead atoms. The van der Waals surface area contributed by atoms with Gasteiger partial charge in [-0.25, -0.2) is 12.8 Å². The van der Waals surface area contributed by atoms with Crippen LogP contribution in [0.25, 0.3) is 10.9 Å². The predicted molar refractivity (Wildman–Crippen MR) is 70.1 cm³/mol. The number of rotatable bonds is 3. The first-order chi connectivity index (χ1) is 9.47. The molecule has 1 aromatic carbocycles. The number of nitrogens with one attached hydrogen (secondary N) is 2. The first-order valence-electron chi connectivity index (χ1n) is 5.61. The van der Waals surface area contributed by atoms with Crippen molar-refractivity contribution in [2.24, 2.45) is 7.05 Å². The Kier molecular flexibility index (Phi) is 2.71. The summed E-state index contributed by atoms with van der Waals surface area (Å²) in [5, 5.41) is 10.2. The van der Waals surface area contributed by atoms with Gasteiger partial charge in [-0.1, -0.05) is 6.07 Å². The van der Waals surface area contributed by atoms with E-state index in [2.05, 4.69) is 20.0 Å². The topological polar surface area (TPSA) is 92.7 Å². The highest BCUT2D eigenvalue weighted by atomic mass is 32.2. The molecule has 0 saturated carbocycles. The van der Waals surface area contributed by atoms with E-state index in [0.717, 1.165) is 0 Å². The van der Waals surface area contributed by atoms with Crippen LogP contribution < -0.4 is 4.72 Å². The third-order valence-electron chi connectivity index (χ3n) is 2.76. The first-order valence-corrected chi connectivity index (χ1v) is 7.10. The van der Waals surface area contributed by atoms with E-state index in [1.54, 1.807) is 13.1 Å². The van der Waals surface area contributed by atoms with Crippen molar-refractivity contribution in [3.63, 3.8) is 0 Å². The van der Waals surface area contributed by atoms with Crippen LogP contribution in [0.5, 0.6) is 0 Å². The summed E-state index contributed by atoms with van der Waals surface area (Å²) in [7, 11) is -2.25. The van der Waals surface area contributed by atoms with Gasteiger partial charge in [-0.2, -0.15) is 10.2 Å². The monoisotopic (exact) mass is 295 g/mol. The molecular formula is C11H10FN5O2S. The third-order valence-corrected chi connectivity index (χ3v) is 4.05.